The Kier molecular flexibility index (Phi) is 5.56. The van der Waals surface area contributed by atoms with E-state index in [1.165, 1.54) is 12.1 Å². The highest BCUT2D eigenvalue weighted by Crippen LogP contribution is 2.15. The Morgan fingerprint density at radius 1 is 1.31 bits per heavy atom. The monoisotopic (exact) mass is 261 g/mol. The van der Waals surface area contributed by atoms with Crippen molar-refractivity contribution in [1.82, 2.24) is 4.98 Å². The van der Waals surface area contributed by atoms with Gasteiger partial charge >= 0.3 is 5.97 Å². The van der Waals surface area contributed by atoms with Gasteiger partial charge in [0.1, 0.15) is 10.3 Å². The fraction of sp³-hybridized carbons (Fsp3) is 0.455. The van der Waals surface area contributed by atoms with Crippen LogP contribution < -0.4 is 0 Å². The van der Waals surface area contributed by atoms with Crippen LogP contribution in [0.2, 0.25) is 10.3 Å². The van der Waals surface area contributed by atoms with E-state index in [1.54, 1.807) is 0 Å². The zero-order valence-electron chi connectivity index (χ0n) is 9.00. The lowest BCUT2D eigenvalue weighted by Crippen LogP contribution is -2.06. The van der Waals surface area contributed by atoms with Gasteiger partial charge in [-0.25, -0.2) is 9.78 Å². The third kappa shape index (κ3) is 4.37. The molecule has 0 N–H and O–H groups in total. The lowest BCUT2D eigenvalue weighted by molar-refractivity contribution is 0.0498. The van der Waals surface area contributed by atoms with Crippen LogP contribution in [-0.2, 0) is 4.74 Å². The molecule has 0 aromatic carbocycles. The van der Waals surface area contributed by atoms with Crippen LogP contribution in [0, 0.1) is 0 Å². The summed E-state index contributed by atoms with van der Waals surface area (Å²) in [6, 6.07) is 2.88. The number of aromatic nitrogens is 1. The molecule has 0 spiro atoms. The SMILES string of the molecule is CCCCCOC(=O)c1cc(Cl)nc(Cl)c1. The number of halogens is 2. The number of unbranched alkanes of at least 4 members (excludes halogenated alkanes) is 2. The fourth-order valence-corrected chi connectivity index (χ4v) is 1.64. The molecule has 0 radical (unpaired) electrons. The van der Waals surface area contributed by atoms with Gasteiger partial charge in [-0.1, -0.05) is 43.0 Å². The maximum Gasteiger partial charge on any atom is 0.338 e. The van der Waals surface area contributed by atoms with Crippen molar-refractivity contribution in [3.63, 3.8) is 0 Å². The van der Waals surface area contributed by atoms with Crippen molar-refractivity contribution >= 4 is 29.2 Å². The highest BCUT2D eigenvalue weighted by atomic mass is 35.5. The van der Waals surface area contributed by atoms with E-state index in [-0.39, 0.29) is 10.3 Å². The number of hydrogen-bond acceptors (Lipinski definition) is 3. The van der Waals surface area contributed by atoms with Gasteiger partial charge in [-0.05, 0) is 18.6 Å². The number of pyridine rings is 1. The molecule has 1 heterocycles. The van der Waals surface area contributed by atoms with Gasteiger partial charge in [0, 0.05) is 0 Å². The molecular formula is C11H13Cl2NO2. The van der Waals surface area contributed by atoms with E-state index in [0.717, 1.165) is 19.3 Å². The predicted octanol–water partition coefficient (Wildman–Crippen LogP) is 3.74. The third-order valence-corrected chi connectivity index (χ3v) is 2.37. The zero-order chi connectivity index (χ0) is 12.0. The molecule has 0 saturated carbocycles. The summed E-state index contributed by atoms with van der Waals surface area (Å²) in [6.45, 7) is 2.51. The molecule has 0 aliphatic carbocycles. The second-order valence-electron chi connectivity index (χ2n) is 3.34. The van der Waals surface area contributed by atoms with E-state index in [0.29, 0.717) is 12.2 Å². The highest BCUT2D eigenvalue weighted by Gasteiger charge is 2.09. The fourth-order valence-electron chi connectivity index (χ4n) is 1.18. The van der Waals surface area contributed by atoms with Crippen LogP contribution in [-0.4, -0.2) is 17.6 Å². The Bertz CT molecular complexity index is 349. The maximum absolute atomic E-state index is 11.5. The molecule has 0 bridgehead atoms. The van der Waals surface area contributed by atoms with Crippen LogP contribution in [0.1, 0.15) is 36.5 Å². The number of ether oxygens (including phenoxy) is 1. The lowest BCUT2D eigenvalue weighted by Gasteiger charge is -2.04. The standard InChI is InChI=1S/C11H13Cl2NO2/c1-2-3-4-5-16-11(15)8-6-9(12)14-10(13)7-8/h6-7H,2-5H2,1H3. The van der Waals surface area contributed by atoms with Crippen molar-refractivity contribution in [3.05, 3.63) is 28.0 Å². The van der Waals surface area contributed by atoms with Gasteiger partial charge in [0.05, 0.1) is 12.2 Å². The summed E-state index contributed by atoms with van der Waals surface area (Å²) >= 11 is 11.3. The summed E-state index contributed by atoms with van der Waals surface area (Å²) in [6.07, 6.45) is 3.00. The molecule has 0 fully saturated rings. The molecule has 1 rings (SSSR count). The number of esters is 1. The number of carbonyl (C=O) groups is 1. The van der Waals surface area contributed by atoms with Crippen molar-refractivity contribution in [3.8, 4) is 0 Å². The van der Waals surface area contributed by atoms with Crippen LogP contribution in [0.3, 0.4) is 0 Å². The summed E-state index contributed by atoms with van der Waals surface area (Å²) in [7, 11) is 0. The molecule has 0 aliphatic heterocycles. The van der Waals surface area contributed by atoms with Crippen molar-refractivity contribution in [2.45, 2.75) is 26.2 Å². The minimum Gasteiger partial charge on any atom is -0.462 e. The molecule has 0 aliphatic rings. The maximum atomic E-state index is 11.5. The molecular weight excluding hydrogens is 249 g/mol. The lowest BCUT2D eigenvalue weighted by atomic mass is 10.2. The van der Waals surface area contributed by atoms with Crippen LogP contribution in [0.4, 0.5) is 0 Å². The molecule has 0 unspecified atom stereocenters. The molecule has 3 nitrogen and oxygen atoms in total. The first-order chi connectivity index (χ1) is 7.63. The van der Waals surface area contributed by atoms with Crippen molar-refractivity contribution in [2.75, 3.05) is 6.61 Å². The molecule has 16 heavy (non-hydrogen) atoms. The third-order valence-electron chi connectivity index (χ3n) is 1.98. The summed E-state index contributed by atoms with van der Waals surface area (Å²) in [5, 5.41) is 0.376. The van der Waals surface area contributed by atoms with E-state index >= 15 is 0 Å². The Morgan fingerprint density at radius 3 is 2.50 bits per heavy atom. The van der Waals surface area contributed by atoms with Gasteiger partial charge < -0.3 is 4.74 Å². The van der Waals surface area contributed by atoms with Gasteiger partial charge in [0.2, 0.25) is 0 Å². The molecule has 1 aromatic rings. The molecule has 0 amide bonds. The summed E-state index contributed by atoms with van der Waals surface area (Å²) in [4.78, 5) is 15.3. The van der Waals surface area contributed by atoms with Crippen LogP contribution in [0.25, 0.3) is 0 Å². The topological polar surface area (TPSA) is 39.2 Å². The first-order valence-electron chi connectivity index (χ1n) is 5.13. The Labute approximate surface area is 105 Å². The van der Waals surface area contributed by atoms with Crippen molar-refractivity contribution < 1.29 is 9.53 Å². The average Bonchev–Trinajstić information content (AvgIpc) is 2.22. The van der Waals surface area contributed by atoms with E-state index in [9.17, 15) is 4.79 Å². The molecule has 0 saturated heterocycles. The van der Waals surface area contributed by atoms with Crippen LogP contribution >= 0.6 is 23.2 Å². The number of rotatable bonds is 5. The second kappa shape index (κ2) is 6.71. The molecule has 5 heteroatoms. The molecule has 0 atom stereocenters. The van der Waals surface area contributed by atoms with Gasteiger partial charge in [-0.15, -0.1) is 0 Å². The Hall–Kier alpha value is -0.800. The van der Waals surface area contributed by atoms with Gasteiger partial charge in [-0.3, -0.25) is 0 Å². The predicted molar refractivity (Wildman–Crippen MR) is 64.1 cm³/mol. The molecule has 1 aromatic heterocycles. The summed E-state index contributed by atoms with van der Waals surface area (Å²) in [5.74, 6) is -0.415. The van der Waals surface area contributed by atoms with E-state index in [4.69, 9.17) is 27.9 Å². The van der Waals surface area contributed by atoms with Gasteiger partial charge in [0.15, 0.2) is 0 Å². The smallest absolute Gasteiger partial charge is 0.338 e. The highest BCUT2D eigenvalue weighted by molar-refractivity contribution is 6.32. The minimum absolute atomic E-state index is 0.188. The Balaban J connectivity index is 2.52. The number of nitrogens with zero attached hydrogens (tertiary/aromatic N) is 1. The quantitative estimate of drug-likeness (QED) is 0.461. The van der Waals surface area contributed by atoms with Crippen molar-refractivity contribution in [2.24, 2.45) is 0 Å². The van der Waals surface area contributed by atoms with Crippen LogP contribution in [0.5, 0.6) is 0 Å². The summed E-state index contributed by atoms with van der Waals surface area (Å²) in [5.41, 5.74) is 0.335. The largest absolute Gasteiger partial charge is 0.462 e. The van der Waals surface area contributed by atoms with E-state index in [2.05, 4.69) is 11.9 Å². The average molecular weight is 262 g/mol. The van der Waals surface area contributed by atoms with Crippen molar-refractivity contribution in [1.29, 1.82) is 0 Å². The number of hydrogen-bond donors (Lipinski definition) is 0. The van der Waals surface area contributed by atoms with Gasteiger partial charge in [0.25, 0.3) is 0 Å². The normalized spacial score (nSPS) is 10.2. The van der Waals surface area contributed by atoms with Crippen LogP contribution in [0.15, 0.2) is 12.1 Å². The van der Waals surface area contributed by atoms with Gasteiger partial charge in [-0.2, -0.15) is 0 Å². The first kappa shape index (κ1) is 13.3. The first-order valence-corrected chi connectivity index (χ1v) is 5.89. The zero-order valence-corrected chi connectivity index (χ0v) is 10.5. The second-order valence-corrected chi connectivity index (χ2v) is 4.12. The molecule has 88 valence electrons. The Morgan fingerprint density at radius 2 is 1.94 bits per heavy atom. The minimum atomic E-state index is -0.415. The van der Waals surface area contributed by atoms with E-state index in [1.807, 2.05) is 0 Å². The number of carbonyl (C=O) groups excluding carboxylic acids is 1. The summed E-state index contributed by atoms with van der Waals surface area (Å²) < 4.78 is 5.06. The van der Waals surface area contributed by atoms with E-state index < -0.39 is 5.97 Å².